The van der Waals surface area contributed by atoms with Crippen molar-refractivity contribution in [3.8, 4) is 5.69 Å². The molecule has 0 amide bonds. The van der Waals surface area contributed by atoms with E-state index in [2.05, 4.69) is 34.3 Å². The minimum Gasteiger partial charge on any atom is -1.00 e. The quantitative estimate of drug-likeness (QED) is 0.312. The first-order valence-corrected chi connectivity index (χ1v) is 12.1. The molecule has 2 heterocycles. The van der Waals surface area contributed by atoms with Gasteiger partial charge in [-0.05, 0) is 41.8 Å². The third-order valence-corrected chi connectivity index (χ3v) is 6.19. The fraction of sp³-hybridized carbons (Fsp3) is 0.138. The van der Waals surface area contributed by atoms with Crippen LogP contribution in [-0.4, -0.2) is 23.9 Å². The van der Waals surface area contributed by atoms with Gasteiger partial charge in [0.15, 0.2) is 0 Å². The van der Waals surface area contributed by atoms with Gasteiger partial charge in [0.1, 0.15) is 0 Å². The van der Waals surface area contributed by atoms with Gasteiger partial charge in [0.25, 0.3) is 0 Å². The Labute approximate surface area is 226 Å². The number of aromatic amines is 1. The van der Waals surface area contributed by atoms with Crippen LogP contribution in [0.4, 0.5) is 5.95 Å². The molecule has 0 bridgehead atoms. The molecule has 5 aromatic rings. The van der Waals surface area contributed by atoms with Crippen molar-refractivity contribution in [2.24, 2.45) is 0 Å². The fourth-order valence-corrected chi connectivity index (χ4v) is 4.42. The maximum absolute atomic E-state index is 13.0. The number of benzene rings is 3. The zero-order chi connectivity index (χ0) is 25.8. The van der Waals surface area contributed by atoms with Crippen LogP contribution in [0.2, 0.25) is 0 Å². The van der Waals surface area contributed by atoms with E-state index in [-0.39, 0.29) is 19.0 Å². The van der Waals surface area contributed by atoms with Crippen LogP contribution in [-0.2, 0) is 19.5 Å². The second-order valence-corrected chi connectivity index (χ2v) is 8.98. The molecule has 0 aliphatic carbocycles. The number of anilines is 1. The third kappa shape index (κ3) is 5.71. The van der Waals surface area contributed by atoms with Crippen molar-refractivity contribution in [2.75, 3.05) is 5.73 Å². The largest absolute Gasteiger partial charge is 1.00 e. The van der Waals surface area contributed by atoms with E-state index >= 15 is 0 Å². The van der Waals surface area contributed by atoms with E-state index in [1.165, 1.54) is 4.68 Å². The molecule has 8 nitrogen and oxygen atoms in total. The van der Waals surface area contributed by atoms with Gasteiger partial charge in [-0.2, -0.15) is 0 Å². The number of nitrogen functional groups attached to an aromatic ring is 1. The third-order valence-electron chi connectivity index (χ3n) is 6.19. The molecule has 0 atom stereocenters. The molecule has 0 aliphatic heterocycles. The van der Waals surface area contributed by atoms with Gasteiger partial charge in [0.2, 0.25) is 5.95 Å². The van der Waals surface area contributed by atoms with Gasteiger partial charge >= 0.3 is 11.4 Å². The zero-order valence-corrected chi connectivity index (χ0v) is 21.7. The molecule has 0 spiro atoms. The Morgan fingerprint density at radius 1 is 0.895 bits per heavy atom. The molecular weight excluding hydrogens is 500 g/mol. The Hall–Kier alpha value is -4.56. The highest BCUT2D eigenvalue weighted by Crippen LogP contribution is 2.22. The number of halogens is 1. The predicted octanol–water partition coefficient (Wildman–Crippen LogP) is 0.853. The predicted molar refractivity (Wildman–Crippen MR) is 146 cm³/mol. The van der Waals surface area contributed by atoms with E-state index in [4.69, 9.17) is 5.73 Å². The molecule has 38 heavy (non-hydrogen) atoms. The number of imidazole rings is 1. The average Bonchev–Trinajstić information content (AvgIpc) is 3.34. The van der Waals surface area contributed by atoms with Gasteiger partial charge in [-0.3, -0.25) is 0 Å². The van der Waals surface area contributed by atoms with Crippen LogP contribution in [0.1, 0.15) is 29.4 Å². The lowest BCUT2D eigenvalue weighted by molar-refractivity contribution is -0.00000781. The van der Waals surface area contributed by atoms with Gasteiger partial charge in [-0.1, -0.05) is 78.9 Å². The van der Waals surface area contributed by atoms with Gasteiger partial charge in [0, 0.05) is 6.42 Å². The van der Waals surface area contributed by atoms with Crippen LogP contribution >= 0.6 is 0 Å². The van der Waals surface area contributed by atoms with Crippen molar-refractivity contribution in [1.82, 2.24) is 23.9 Å². The zero-order valence-electron chi connectivity index (χ0n) is 20.9. The summed E-state index contributed by atoms with van der Waals surface area (Å²) in [5.74, 6) is 0.426. The van der Waals surface area contributed by atoms with Crippen LogP contribution in [0.3, 0.4) is 0 Å². The van der Waals surface area contributed by atoms with Crippen molar-refractivity contribution in [3.63, 3.8) is 0 Å². The Kier molecular flexibility index (Phi) is 8.13. The van der Waals surface area contributed by atoms with Crippen LogP contribution < -0.4 is 29.5 Å². The topological polar surface area (TPSA) is 104 Å². The van der Waals surface area contributed by atoms with E-state index in [0.717, 1.165) is 32.7 Å². The molecule has 2 aromatic heterocycles. The average molecular weight is 528 g/mol. The second kappa shape index (κ2) is 11.7. The maximum atomic E-state index is 13.0. The van der Waals surface area contributed by atoms with Crippen molar-refractivity contribution in [1.29, 1.82) is 0 Å². The molecular formula is C29H28ClN6O2-. The molecule has 0 saturated carbocycles. The number of hydrogen-bond acceptors (Lipinski definition) is 4. The molecule has 0 radical (unpaired) electrons. The highest BCUT2D eigenvalue weighted by molar-refractivity contribution is 5.55. The molecule has 9 heteroatoms. The fourth-order valence-electron chi connectivity index (χ4n) is 4.42. The Morgan fingerprint density at radius 2 is 1.47 bits per heavy atom. The molecule has 3 aromatic carbocycles. The number of nitrogens with two attached hydrogens (primary N) is 1. The summed E-state index contributed by atoms with van der Waals surface area (Å²) in [5.41, 5.74) is 10.9. The first-order chi connectivity index (χ1) is 18.0. The lowest BCUT2D eigenvalue weighted by atomic mass is 10.1. The summed E-state index contributed by atoms with van der Waals surface area (Å²) < 4.78 is 4.46. The summed E-state index contributed by atoms with van der Waals surface area (Å²) in [4.78, 5) is 30.2. The molecule has 3 N–H and O–H groups in total. The van der Waals surface area contributed by atoms with Crippen molar-refractivity contribution < 1.29 is 12.4 Å². The summed E-state index contributed by atoms with van der Waals surface area (Å²) in [6.45, 7) is 2.72. The number of nitrogens with one attached hydrogen (secondary N) is 1. The van der Waals surface area contributed by atoms with E-state index in [1.807, 2.05) is 60.0 Å². The molecule has 0 aliphatic rings. The molecule has 5 rings (SSSR count). The van der Waals surface area contributed by atoms with Gasteiger partial charge in [-0.15, -0.1) is 0 Å². The van der Waals surface area contributed by atoms with E-state index in [1.54, 1.807) is 24.3 Å². The molecule has 0 saturated heterocycles. The second-order valence-electron chi connectivity index (χ2n) is 8.98. The number of aromatic nitrogens is 5. The number of hydrogen-bond donors (Lipinski definition) is 2. The minimum atomic E-state index is -0.481. The minimum absolute atomic E-state index is 0. The number of nitrogens with zero attached hydrogens (tertiary/aromatic N) is 4. The SMILES string of the molecule is C/C(=C/c1nc(N)n(Cc2ccccc2)c1Cc1ccccc1)Cn1[nH]c(=O)n(-c2ccccc2)c1=O.[Cl-]. The lowest BCUT2D eigenvalue weighted by Gasteiger charge is -2.11. The van der Waals surface area contributed by atoms with Gasteiger partial charge < -0.3 is 22.7 Å². The van der Waals surface area contributed by atoms with E-state index < -0.39 is 11.4 Å². The summed E-state index contributed by atoms with van der Waals surface area (Å²) in [6, 6.07) is 29.1. The highest BCUT2D eigenvalue weighted by Gasteiger charge is 2.16. The smallest absolute Gasteiger partial charge is 0.351 e. The Morgan fingerprint density at radius 3 is 2.11 bits per heavy atom. The Balaban J connectivity index is 0.00000336. The standard InChI is InChI=1S/C29H28N6O2.ClH/c1-21(19-34-29(37)35(28(36)32-34)24-15-9-4-10-16-24)17-25-26(18-22-11-5-2-6-12-22)33(27(30)31-25)20-23-13-7-3-8-14-23;/h2-17H,18-20H2,1H3,(H2,30,31)(H,32,36);1H/p-1/b21-17-;. The van der Waals surface area contributed by atoms with Crippen LogP contribution in [0.15, 0.2) is 106 Å². The van der Waals surface area contributed by atoms with Crippen molar-refractivity contribution in [2.45, 2.75) is 26.4 Å². The van der Waals surface area contributed by atoms with Crippen molar-refractivity contribution >= 4 is 12.0 Å². The first-order valence-electron chi connectivity index (χ1n) is 12.1. The van der Waals surface area contributed by atoms with E-state index in [0.29, 0.717) is 24.6 Å². The first kappa shape index (κ1) is 26.5. The summed E-state index contributed by atoms with van der Waals surface area (Å²) in [5, 5.41) is 2.65. The molecule has 0 fully saturated rings. The summed E-state index contributed by atoms with van der Waals surface area (Å²) >= 11 is 0. The Bertz CT molecular complexity index is 1650. The molecule has 0 unspecified atom stereocenters. The van der Waals surface area contributed by atoms with Crippen molar-refractivity contribution in [3.05, 3.63) is 140 Å². The van der Waals surface area contributed by atoms with Gasteiger partial charge in [0.05, 0.1) is 30.2 Å². The van der Waals surface area contributed by atoms with Crippen LogP contribution in [0.5, 0.6) is 0 Å². The normalized spacial score (nSPS) is 11.3. The van der Waals surface area contributed by atoms with Crippen LogP contribution in [0, 0.1) is 0 Å². The monoisotopic (exact) mass is 527 g/mol. The highest BCUT2D eigenvalue weighted by atomic mass is 35.5. The summed E-state index contributed by atoms with van der Waals surface area (Å²) in [7, 11) is 0. The number of H-pyrrole nitrogens is 1. The summed E-state index contributed by atoms with van der Waals surface area (Å²) in [6.07, 6.45) is 2.58. The maximum Gasteiger partial charge on any atom is 0.351 e. The number of para-hydroxylation sites is 1. The lowest BCUT2D eigenvalue weighted by Crippen LogP contribution is -3.00. The molecule has 194 valence electrons. The van der Waals surface area contributed by atoms with Crippen LogP contribution in [0.25, 0.3) is 11.8 Å². The number of allylic oxidation sites excluding steroid dienone is 1. The van der Waals surface area contributed by atoms with E-state index in [9.17, 15) is 9.59 Å². The van der Waals surface area contributed by atoms with Gasteiger partial charge in [-0.25, -0.2) is 28.9 Å². The number of rotatable bonds is 8.